The summed E-state index contributed by atoms with van der Waals surface area (Å²) in [6.45, 7) is 3.20. The fourth-order valence-corrected chi connectivity index (χ4v) is 1.62. The smallest absolute Gasteiger partial charge is 0.276 e. The molecule has 0 bridgehead atoms. The fraction of sp³-hybridized carbons (Fsp3) is 0.667. The van der Waals surface area contributed by atoms with Crippen LogP contribution in [0.4, 0.5) is 8.78 Å². The van der Waals surface area contributed by atoms with Gasteiger partial charge < -0.3 is 9.47 Å². The summed E-state index contributed by atoms with van der Waals surface area (Å²) in [5.74, 6) is -2.59. The van der Waals surface area contributed by atoms with Crippen molar-refractivity contribution in [3.8, 4) is 0 Å². The molecule has 0 aromatic heterocycles. The Morgan fingerprint density at radius 2 is 2.25 bits per heavy atom. The Hall–Kier alpha value is -0.740. The molecule has 2 nitrogen and oxygen atoms in total. The van der Waals surface area contributed by atoms with Crippen LogP contribution in [-0.2, 0) is 9.47 Å². The maximum atomic E-state index is 12.6. The second-order valence-electron chi connectivity index (χ2n) is 4.14. The van der Waals surface area contributed by atoms with Crippen LogP contribution in [0.2, 0.25) is 0 Å². The Morgan fingerprint density at radius 1 is 1.50 bits per heavy atom. The standard InChI is InChI=1S/C12H16F2O2/c1-2-15-8-9-3-5-10(6-4-9)16-11-7-12(11,13)14/h3-5,10-11H,2,6-8H2,1H3. The number of hydrogen-bond acceptors (Lipinski definition) is 2. The maximum Gasteiger partial charge on any atom is 0.276 e. The van der Waals surface area contributed by atoms with Gasteiger partial charge in [-0.3, -0.25) is 0 Å². The molecule has 16 heavy (non-hydrogen) atoms. The van der Waals surface area contributed by atoms with Crippen LogP contribution >= 0.6 is 0 Å². The van der Waals surface area contributed by atoms with E-state index in [0.29, 0.717) is 19.6 Å². The maximum absolute atomic E-state index is 12.6. The van der Waals surface area contributed by atoms with Gasteiger partial charge in [0.1, 0.15) is 6.10 Å². The highest BCUT2D eigenvalue weighted by molar-refractivity contribution is 5.25. The Morgan fingerprint density at radius 3 is 2.75 bits per heavy atom. The molecule has 0 spiro atoms. The lowest BCUT2D eigenvalue weighted by Crippen LogP contribution is -2.17. The lowest BCUT2D eigenvalue weighted by atomic mass is 10.1. The molecule has 2 unspecified atom stereocenters. The monoisotopic (exact) mass is 230 g/mol. The van der Waals surface area contributed by atoms with Crippen molar-refractivity contribution in [2.45, 2.75) is 37.9 Å². The molecule has 0 aromatic carbocycles. The summed E-state index contributed by atoms with van der Waals surface area (Å²) in [5, 5.41) is 0. The second kappa shape index (κ2) is 4.63. The predicted molar refractivity (Wildman–Crippen MR) is 56.6 cm³/mol. The first-order valence-corrected chi connectivity index (χ1v) is 5.60. The zero-order valence-corrected chi connectivity index (χ0v) is 9.29. The molecule has 1 saturated carbocycles. The van der Waals surface area contributed by atoms with E-state index < -0.39 is 12.0 Å². The van der Waals surface area contributed by atoms with Crippen LogP contribution in [0.1, 0.15) is 19.8 Å². The zero-order chi connectivity index (χ0) is 11.6. The van der Waals surface area contributed by atoms with E-state index >= 15 is 0 Å². The number of hydrogen-bond donors (Lipinski definition) is 0. The molecular formula is C12H16F2O2. The molecule has 1 fully saturated rings. The van der Waals surface area contributed by atoms with E-state index in [1.54, 1.807) is 0 Å². The Balaban J connectivity index is 1.73. The van der Waals surface area contributed by atoms with E-state index in [0.717, 1.165) is 5.57 Å². The quantitative estimate of drug-likeness (QED) is 0.723. The van der Waals surface area contributed by atoms with Gasteiger partial charge in [0, 0.05) is 13.0 Å². The van der Waals surface area contributed by atoms with Gasteiger partial charge in [-0.15, -0.1) is 0 Å². The van der Waals surface area contributed by atoms with Crippen LogP contribution in [0.5, 0.6) is 0 Å². The second-order valence-corrected chi connectivity index (χ2v) is 4.14. The summed E-state index contributed by atoms with van der Waals surface area (Å²) in [7, 11) is 0. The topological polar surface area (TPSA) is 18.5 Å². The average Bonchev–Trinajstić information content (AvgIpc) is 2.85. The van der Waals surface area contributed by atoms with E-state index in [1.165, 1.54) is 0 Å². The van der Waals surface area contributed by atoms with Crippen molar-refractivity contribution in [1.82, 2.24) is 0 Å². The van der Waals surface area contributed by atoms with Gasteiger partial charge >= 0.3 is 0 Å². The first-order valence-electron chi connectivity index (χ1n) is 5.60. The minimum absolute atomic E-state index is 0.132. The molecule has 2 rings (SSSR count). The van der Waals surface area contributed by atoms with Crippen LogP contribution in [0, 0.1) is 0 Å². The molecule has 0 aliphatic heterocycles. The number of halogens is 2. The van der Waals surface area contributed by atoms with Gasteiger partial charge in [-0.1, -0.05) is 18.2 Å². The summed E-state index contributed by atoms with van der Waals surface area (Å²) in [5.41, 5.74) is 1.09. The van der Waals surface area contributed by atoms with Gasteiger partial charge in [0.05, 0.1) is 12.7 Å². The van der Waals surface area contributed by atoms with E-state index in [-0.39, 0.29) is 12.5 Å². The number of rotatable bonds is 5. The fourth-order valence-electron chi connectivity index (χ4n) is 1.62. The minimum Gasteiger partial charge on any atom is -0.377 e. The van der Waals surface area contributed by atoms with E-state index in [2.05, 4.69) is 0 Å². The average molecular weight is 230 g/mol. The van der Waals surface area contributed by atoms with Gasteiger partial charge in [-0.05, 0) is 18.9 Å². The van der Waals surface area contributed by atoms with Gasteiger partial charge in [0.2, 0.25) is 0 Å². The minimum atomic E-state index is -2.59. The van der Waals surface area contributed by atoms with Crippen LogP contribution < -0.4 is 0 Å². The molecule has 0 radical (unpaired) electrons. The van der Waals surface area contributed by atoms with Gasteiger partial charge in [0.25, 0.3) is 5.92 Å². The van der Waals surface area contributed by atoms with Crippen molar-refractivity contribution >= 4 is 0 Å². The van der Waals surface area contributed by atoms with Crippen LogP contribution in [0.3, 0.4) is 0 Å². The van der Waals surface area contributed by atoms with Gasteiger partial charge in [-0.2, -0.15) is 0 Å². The predicted octanol–water partition coefficient (Wildman–Crippen LogP) is 2.70. The molecule has 2 atom stereocenters. The van der Waals surface area contributed by atoms with Crippen LogP contribution in [-0.4, -0.2) is 31.3 Å². The summed E-state index contributed by atoms with van der Waals surface area (Å²) < 4.78 is 35.7. The third-order valence-electron chi connectivity index (χ3n) is 2.72. The normalized spacial score (nSPS) is 31.3. The highest BCUT2D eigenvalue weighted by atomic mass is 19.3. The van der Waals surface area contributed by atoms with Crippen molar-refractivity contribution < 1.29 is 18.3 Å². The summed E-state index contributed by atoms with van der Waals surface area (Å²) in [4.78, 5) is 0. The molecule has 4 heteroatoms. The molecule has 0 saturated heterocycles. The van der Waals surface area contributed by atoms with Crippen molar-refractivity contribution in [2.75, 3.05) is 13.2 Å². The lowest BCUT2D eigenvalue weighted by molar-refractivity contribution is -0.00934. The molecule has 90 valence electrons. The largest absolute Gasteiger partial charge is 0.377 e. The van der Waals surface area contributed by atoms with Gasteiger partial charge in [-0.25, -0.2) is 8.78 Å². The molecular weight excluding hydrogens is 214 g/mol. The summed E-state index contributed by atoms with van der Waals surface area (Å²) in [6, 6.07) is 0. The van der Waals surface area contributed by atoms with E-state index in [4.69, 9.17) is 9.47 Å². The third kappa shape index (κ3) is 2.89. The highest BCUT2D eigenvalue weighted by Gasteiger charge is 2.59. The van der Waals surface area contributed by atoms with Crippen molar-refractivity contribution in [3.05, 3.63) is 23.8 Å². The molecule has 0 N–H and O–H groups in total. The molecule has 0 heterocycles. The molecule has 2 aliphatic rings. The zero-order valence-electron chi connectivity index (χ0n) is 9.29. The number of ether oxygens (including phenoxy) is 2. The summed E-state index contributed by atoms with van der Waals surface area (Å²) in [6.07, 6.45) is 5.17. The van der Waals surface area contributed by atoms with Gasteiger partial charge in [0.15, 0.2) is 0 Å². The van der Waals surface area contributed by atoms with Crippen molar-refractivity contribution in [1.29, 1.82) is 0 Å². The third-order valence-corrected chi connectivity index (χ3v) is 2.72. The molecule has 0 amide bonds. The molecule has 0 aromatic rings. The first-order chi connectivity index (χ1) is 7.62. The Kier molecular flexibility index (Phi) is 3.40. The first kappa shape index (κ1) is 11.7. The lowest BCUT2D eigenvalue weighted by Gasteiger charge is -2.16. The Labute approximate surface area is 93.9 Å². The van der Waals surface area contributed by atoms with Crippen LogP contribution in [0.15, 0.2) is 23.8 Å². The summed E-state index contributed by atoms with van der Waals surface area (Å²) >= 11 is 0. The number of alkyl halides is 2. The van der Waals surface area contributed by atoms with Crippen molar-refractivity contribution in [3.63, 3.8) is 0 Å². The SMILES string of the molecule is CCOCC1=CCC(OC2CC2(F)F)C=C1. The highest BCUT2D eigenvalue weighted by Crippen LogP contribution is 2.45. The van der Waals surface area contributed by atoms with E-state index in [9.17, 15) is 8.78 Å². The van der Waals surface area contributed by atoms with E-state index in [1.807, 2.05) is 25.2 Å². The Bertz CT molecular complexity index is 310. The van der Waals surface area contributed by atoms with Crippen LogP contribution in [0.25, 0.3) is 0 Å². The molecule has 2 aliphatic carbocycles. The van der Waals surface area contributed by atoms with Crippen molar-refractivity contribution in [2.24, 2.45) is 0 Å².